The van der Waals surface area contributed by atoms with Crippen molar-refractivity contribution < 1.29 is 9.26 Å². The van der Waals surface area contributed by atoms with Crippen LogP contribution in [0.2, 0.25) is 5.02 Å². The van der Waals surface area contributed by atoms with Crippen LogP contribution < -0.4 is 4.74 Å². The smallest absolute Gasteiger partial charge is 0.137 e. The lowest BCUT2D eigenvalue weighted by atomic mass is 10.1. The van der Waals surface area contributed by atoms with Crippen molar-refractivity contribution in [3.05, 3.63) is 46.3 Å². The highest BCUT2D eigenvalue weighted by atomic mass is 35.5. The van der Waals surface area contributed by atoms with Crippen molar-refractivity contribution in [1.29, 1.82) is 0 Å². The predicted octanol–water partition coefficient (Wildman–Crippen LogP) is 3.25. The molecule has 4 nitrogen and oxygen atoms in total. The summed E-state index contributed by atoms with van der Waals surface area (Å²) in [5.74, 6) is 1.78. The summed E-state index contributed by atoms with van der Waals surface area (Å²) < 4.78 is 11.1. The Morgan fingerprint density at radius 3 is 2.86 bits per heavy atom. The van der Waals surface area contributed by atoms with Crippen LogP contribution in [0.3, 0.4) is 0 Å². The van der Waals surface area contributed by atoms with Crippen LogP contribution in [0.5, 0.6) is 5.75 Å². The van der Waals surface area contributed by atoms with Gasteiger partial charge in [0.25, 0.3) is 0 Å². The van der Waals surface area contributed by atoms with E-state index < -0.39 is 0 Å². The normalized spacial score (nSPS) is 16.0. The number of hydrogen-bond acceptors (Lipinski definition) is 4. The Kier molecular flexibility index (Phi) is 4.17. The molecule has 112 valence electrons. The van der Waals surface area contributed by atoms with Gasteiger partial charge in [-0.25, -0.2) is 0 Å². The highest BCUT2D eigenvalue weighted by Crippen LogP contribution is 2.22. The molecule has 0 spiro atoms. The molecule has 0 aliphatic carbocycles. The number of aryl methyl sites for hydroxylation is 2. The fraction of sp³-hybridized carbons (Fsp3) is 0.438. The molecular weight excluding hydrogens is 288 g/mol. The van der Waals surface area contributed by atoms with Crippen molar-refractivity contribution in [2.24, 2.45) is 0 Å². The van der Waals surface area contributed by atoms with E-state index in [1.165, 1.54) is 5.56 Å². The van der Waals surface area contributed by atoms with Crippen LogP contribution >= 0.6 is 11.6 Å². The largest absolute Gasteiger partial charge is 0.488 e. The molecule has 21 heavy (non-hydrogen) atoms. The zero-order valence-corrected chi connectivity index (χ0v) is 13.1. The van der Waals surface area contributed by atoms with E-state index in [4.69, 9.17) is 20.9 Å². The quantitative estimate of drug-likeness (QED) is 0.850. The molecule has 0 atom stereocenters. The van der Waals surface area contributed by atoms with Gasteiger partial charge in [0, 0.05) is 30.2 Å². The molecule has 0 N–H and O–H groups in total. The Hall–Kier alpha value is -1.52. The molecule has 2 heterocycles. The average Bonchev–Trinajstić information content (AvgIpc) is 2.72. The van der Waals surface area contributed by atoms with Crippen molar-refractivity contribution in [3.8, 4) is 5.75 Å². The summed E-state index contributed by atoms with van der Waals surface area (Å²) in [6.45, 7) is 6.88. The van der Waals surface area contributed by atoms with E-state index in [0.29, 0.717) is 5.02 Å². The highest BCUT2D eigenvalue weighted by molar-refractivity contribution is 6.30. The summed E-state index contributed by atoms with van der Waals surface area (Å²) in [6, 6.07) is 7.56. The van der Waals surface area contributed by atoms with Gasteiger partial charge in [-0.15, -0.1) is 0 Å². The van der Waals surface area contributed by atoms with E-state index in [2.05, 4.69) is 10.1 Å². The van der Waals surface area contributed by atoms with Crippen LogP contribution in [0.15, 0.2) is 28.8 Å². The second kappa shape index (κ2) is 6.08. The Balaban J connectivity index is 1.44. The van der Waals surface area contributed by atoms with Gasteiger partial charge in [-0.2, -0.15) is 0 Å². The summed E-state index contributed by atoms with van der Waals surface area (Å²) in [4.78, 5) is 2.38. The van der Waals surface area contributed by atoms with Crippen LogP contribution in [0.25, 0.3) is 0 Å². The molecule has 0 bridgehead atoms. The molecular formula is C16H19ClN2O2. The number of nitrogens with zero attached hydrogens (tertiary/aromatic N) is 2. The summed E-state index contributed by atoms with van der Waals surface area (Å²) in [6.07, 6.45) is 1.23. The van der Waals surface area contributed by atoms with Gasteiger partial charge in [0.1, 0.15) is 17.6 Å². The van der Waals surface area contributed by atoms with Crippen LogP contribution in [-0.2, 0) is 6.42 Å². The van der Waals surface area contributed by atoms with Crippen molar-refractivity contribution in [3.63, 3.8) is 0 Å². The third-order valence-corrected chi connectivity index (χ3v) is 4.12. The summed E-state index contributed by atoms with van der Waals surface area (Å²) in [5.41, 5.74) is 2.23. The van der Waals surface area contributed by atoms with Crippen molar-refractivity contribution in [2.45, 2.75) is 26.4 Å². The number of hydrogen-bond donors (Lipinski definition) is 0. The van der Waals surface area contributed by atoms with Crippen LogP contribution in [0.1, 0.15) is 17.0 Å². The van der Waals surface area contributed by atoms with Gasteiger partial charge < -0.3 is 9.26 Å². The summed E-state index contributed by atoms with van der Waals surface area (Å²) in [7, 11) is 0. The predicted molar refractivity (Wildman–Crippen MR) is 82.0 cm³/mol. The van der Waals surface area contributed by atoms with Gasteiger partial charge in [0.05, 0.1) is 5.69 Å². The van der Waals surface area contributed by atoms with Crippen molar-refractivity contribution in [2.75, 3.05) is 19.6 Å². The molecule has 1 fully saturated rings. The van der Waals surface area contributed by atoms with Gasteiger partial charge in [0.2, 0.25) is 0 Å². The first-order chi connectivity index (χ1) is 10.1. The number of likely N-dealkylation sites (tertiary alicyclic amines) is 1. The first-order valence-electron chi connectivity index (χ1n) is 7.18. The third kappa shape index (κ3) is 3.39. The lowest BCUT2D eigenvalue weighted by molar-refractivity contribution is 0.0208. The van der Waals surface area contributed by atoms with Gasteiger partial charge in [-0.3, -0.25) is 4.90 Å². The van der Waals surface area contributed by atoms with Gasteiger partial charge >= 0.3 is 0 Å². The topological polar surface area (TPSA) is 38.5 Å². The van der Waals surface area contributed by atoms with Crippen molar-refractivity contribution in [1.82, 2.24) is 10.1 Å². The first kappa shape index (κ1) is 14.4. The van der Waals surface area contributed by atoms with E-state index in [9.17, 15) is 0 Å². The van der Waals surface area contributed by atoms with Crippen molar-refractivity contribution >= 4 is 11.6 Å². The lowest BCUT2D eigenvalue weighted by Gasteiger charge is -2.39. The second-order valence-corrected chi connectivity index (χ2v) is 5.95. The Morgan fingerprint density at radius 1 is 1.38 bits per heavy atom. The Morgan fingerprint density at radius 2 is 2.19 bits per heavy atom. The summed E-state index contributed by atoms with van der Waals surface area (Å²) >= 11 is 5.95. The lowest BCUT2D eigenvalue weighted by Crippen LogP contribution is -2.54. The molecule has 1 saturated heterocycles. The minimum absolute atomic E-state index is 0.258. The maximum Gasteiger partial charge on any atom is 0.137 e. The maximum absolute atomic E-state index is 5.95. The number of ether oxygens (including phenoxy) is 1. The molecule has 0 amide bonds. The third-order valence-electron chi connectivity index (χ3n) is 3.88. The molecule has 1 aromatic carbocycles. The van der Waals surface area contributed by atoms with Crippen LogP contribution in [0, 0.1) is 13.8 Å². The van der Waals surface area contributed by atoms with Gasteiger partial charge in [-0.05, 0) is 38.5 Å². The van der Waals surface area contributed by atoms with Gasteiger partial charge in [-0.1, -0.05) is 22.8 Å². The monoisotopic (exact) mass is 306 g/mol. The highest BCUT2D eigenvalue weighted by Gasteiger charge is 2.28. The molecule has 1 aliphatic rings. The minimum Gasteiger partial charge on any atom is -0.488 e. The second-order valence-electron chi connectivity index (χ2n) is 5.51. The molecule has 5 heteroatoms. The number of halogens is 1. The van der Waals surface area contributed by atoms with E-state index in [1.807, 2.05) is 38.1 Å². The molecule has 2 aromatic rings. The zero-order valence-electron chi connectivity index (χ0n) is 12.3. The Labute approximate surface area is 129 Å². The standard InChI is InChI=1S/C16H19ClN2O2/c1-11-16(12(2)21-18-11)6-7-19-9-15(10-19)20-14-5-3-4-13(17)8-14/h3-5,8,15H,6-7,9-10H2,1-2H3. The zero-order chi connectivity index (χ0) is 14.8. The minimum atomic E-state index is 0.258. The fourth-order valence-electron chi connectivity index (χ4n) is 2.64. The van der Waals surface area contributed by atoms with Gasteiger partial charge in [0.15, 0.2) is 0 Å². The summed E-state index contributed by atoms with van der Waals surface area (Å²) in [5, 5.41) is 4.70. The number of benzene rings is 1. The number of aromatic nitrogens is 1. The fourth-order valence-corrected chi connectivity index (χ4v) is 2.82. The number of rotatable bonds is 5. The Bertz CT molecular complexity index is 601. The SMILES string of the molecule is Cc1noc(C)c1CCN1CC(Oc2cccc(Cl)c2)C1. The first-order valence-corrected chi connectivity index (χ1v) is 7.56. The van der Waals surface area contributed by atoms with E-state index in [-0.39, 0.29) is 6.10 Å². The van der Waals surface area contributed by atoms with Crippen LogP contribution in [-0.4, -0.2) is 35.8 Å². The molecule has 3 rings (SSSR count). The molecule has 1 aromatic heterocycles. The molecule has 0 saturated carbocycles. The van der Waals surface area contributed by atoms with E-state index in [1.54, 1.807) is 0 Å². The van der Waals surface area contributed by atoms with E-state index >= 15 is 0 Å². The van der Waals surface area contributed by atoms with E-state index in [0.717, 1.165) is 43.3 Å². The molecule has 0 radical (unpaired) electrons. The van der Waals surface area contributed by atoms with Crippen LogP contribution in [0.4, 0.5) is 0 Å². The molecule has 0 unspecified atom stereocenters. The molecule has 1 aliphatic heterocycles. The average molecular weight is 307 g/mol. The maximum atomic E-state index is 5.95.